The molecule has 0 amide bonds. The number of nitrogens with zero attached hydrogens (tertiary/aromatic N) is 2. The van der Waals surface area contributed by atoms with Gasteiger partial charge in [0.25, 0.3) is 10.9 Å². The highest BCUT2D eigenvalue weighted by Crippen LogP contribution is 2.38. The molecule has 3 aromatic carbocycles. The Morgan fingerprint density at radius 1 is 1.06 bits per heavy atom. The molecule has 0 bridgehead atoms. The summed E-state index contributed by atoms with van der Waals surface area (Å²) in [5.74, 6) is 0.127. The fourth-order valence-corrected chi connectivity index (χ4v) is 5.02. The molecule has 0 spiro atoms. The second-order valence-corrected chi connectivity index (χ2v) is 9.42. The SMILES string of the molecule is CN1Cc2c(Cl)cc(Cl)cc2C(c2ccc(Nc3c(NCc4cccnc4)c(=O)c3=O)cc2)C1. The Morgan fingerprint density at radius 3 is 2.56 bits per heavy atom. The quantitative estimate of drug-likeness (QED) is 0.372. The van der Waals surface area contributed by atoms with Gasteiger partial charge in [0, 0.05) is 53.7 Å². The Labute approximate surface area is 206 Å². The number of nitrogens with one attached hydrogen (secondary N) is 2. The number of rotatable bonds is 6. The Kier molecular flexibility index (Phi) is 6.13. The van der Waals surface area contributed by atoms with Crippen LogP contribution >= 0.6 is 23.2 Å². The van der Waals surface area contributed by atoms with E-state index in [1.807, 2.05) is 42.5 Å². The number of benzene rings is 2. The molecule has 1 aliphatic heterocycles. The molecule has 0 radical (unpaired) electrons. The third-order valence-corrected chi connectivity index (χ3v) is 6.73. The smallest absolute Gasteiger partial charge is 0.253 e. The van der Waals surface area contributed by atoms with Crippen molar-refractivity contribution in [2.24, 2.45) is 0 Å². The van der Waals surface area contributed by atoms with E-state index in [0.29, 0.717) is 22.3 Å². The van der Waals surface area contributed by atoms with Crippen LogP contribution in [0.2, 0.25) is 10.0 Å². The Bertz CT molecular complexity index is 1410. The molecule has 0 saturated carbocycles. The highest BCUT2D eigenvalue weighted by Gasteiger charge is 2.27. The molecule has 34 heavy (non-hydrogen) atoms. The van der Waals surface area contributed by atoms with E-state index in [4.69, 9.17) is 23.2 Å². The minimum Gasteiger partial charge on any atom is -0.376 e. The number of likely N-dealkylation sites (N-methyl/N-ethyl adjacent to an activating group) is 1. The third kappa shape index (κ3) is 4.32. The van der Waals surface area contributed by atoms with Gasteiger partial charge in [-0.2, -0.15) is 0 Å². The van der Waals surface area contributed by atoms with Crippen molar-refractivity contribution in [2.75, 3.05) is 24.2 Å². The maximum Gasteiger partial charge on any atom is 0.253 e. The average molecular weight is 493 g/mol. The molecule has 1 aromatic heterocycles. The number of anilines is 3. The zero-order chi connectivity index (χ0) is 23.8. The van der Waals surface area contributed by atoms with Crippen LogP contribution in [-0.2, 0) is 13.1 Å². The first-order chi connectivity index (χ1) is 16.4. The summed E-state index contributed by atoms with van der Waals surface area (Å²) in [4.78, 5) is 30.6. The van der Waals surface area contributed by atoms with Crippen LogP contribution in [0.3, 0.4) is 0 Å². The standard InChI is InChI=1S/C26H22Cl2N4O2/c1-32-13-20(19-9-17(27)10-22(28)21(19)14-32)16-4-6-18(7-5-16)31-24-23(25(33)26(24)34)30-12-15-3-2-8-29-11-15/h2-11,20,30-31H,12-14H2,1H3. The molecule has 0 saturated heterocycles. The molecule has 1 aliphatic rings. The molecule has 8 heteroatoms. The largest absolute Gasteiger partial charge is 0.376 e. The van der Waals surface area contributed by atoms with Crippen molar-refractivity contribution in [1.29, 1.82) is 0 Å². The summed E-state index contributed by atoms with van der Waals surface area (Å²) in [6, 6.07) is 15.4. The molecule has 0 aliphatic carbocycles. The van der Waals surface area contributed by atoms with Gasteiger partial charge < -0.3 is 15.5 Å². The molecular formula is C26H22Cl2N4O2. The minimum atomic E-state index is -0.523. The van der Waals surface area contributed by atoms with Gasteiger partial charge in [-0.3, -0.25) is 14.6 Å². The second-order valence-electron chi connectivity index (χ2n) is 8.57. The summed E-state index contributed by atoms with van der Waals surface area (Å²) in [7, 11) is 2.07. The van der Waals surface area contributed by atoms with E-state index in [9.17, 15) is 9.59 Å². The highest BCUT2D eigenvalue weighted by molar-refractivity contribution is 6.35. The number of pyridine rings is 1. The fourth-order valence-electron chi connectivity index (χ4n) is 4.45. The molecule has 172 valence electrons. The van der Waals surface area contributed by atoms with E-state index in [1.165, 1.54) is 0 Å². The molecule has 2 N–H and O–H groups in total. The maximum absolute atomic E-state index is 12.2. The number of hydrogen-bond acceptors (Lipinski definition) is 6. The van der Waals surface area contributed by atoms with Crippen LogP contribution in [0.15, 0.2) is 70.5 Å². The Hall–Kier alpha value is -3.19. The van der Waals surface area contributed by atoms with Crippen molar-refractivity contribution in [2.45, 2.75) is 19.0 Å². The third-order valence-electron chi connectivity index (χ3n) is 6.18. The summed E-state index contributed by atoms with van der Waals surface area (Å²) >= 11 is 12.8. The molecule has 5 rings (SSSR count). The maximum atomic E-state index is 12.2. The van der Waals surface area contributed by atoms with Gasteiger partial charge in [0.15, 0.2) is 0 Å². The van der Waals surface area contributed by atoms with E-state index >= 15 is 0 Å². The number of hydrogen-bond donors (Lipinski definition) is 2. The van der Waals surface area contributed by atoms with Gasteiger partial charge in [0.05, 0.1) is 0 Å². The zero-order valence-electron chi connectivity index (χ0n) is 18.4. The van der Waals surface area contributed by atoms with Crippen molar-refractivity contribution in [3.63, 3.8) is 0 Å². The normalized spacial score (nSPS) is 15.8. The van der Waals surface area contributed by atoms with Gasteiger partial charge >= 0.3 is 0 Å². The van der Waals surface area contributed by atoms with Crippen molar-refractivity contribution in [3.8, 4) is 0 Å². The summed E-state index contributed by atoms with van der Waals surface area (Å²) < 4.78 is 0. The van der Waals surface area contributed by atoms with Crippen LogP contribution in [0.4, 0.5) is 17.1 Å². The predicted octanol–water partition coefficient (Wildman–Crippen LogP) is 4.92. The van der Waals surface area contributed by atoms with Crippen molar-refractivity contribution < 1.29 is 0 Å². The first kappa shape index (κ1) is 22.6. The molecule has 6 nitrogen and oxygen atoms in total. The van der Waals surface area contributed by atoms with Crippen molar-refractivity contribution in [3.05, 3.63) is 114 Å². The van der Waals surface area contributed by atoms with E-state index < -0.39 is 10.9 Å². The van der Waals surface area contributed by atoms with Gasteiger partial charge in [0.2, 0.25) is 0 Å². The summed E-state index contributed by atoms with van der Waals surface area (Å²) in [5.41, 5.74) is 4.55. The molecular weight excluding hydrogens is 471 g/mol. The first-order valence-electron chi connectivity index (χ1n) is 10.9. The van der Waals surface area contributed by atoms with Crippen LogP contribution in [-0.4, -0.2) is 23.5 Å². The van der Waals surface area contributed by atoms with Gasteiger partial charge in [0.1, 0.15) is 11.4 Å². The van der Waals surface area contributed by atoms with E-state index in [0.717, 1.165) is 41.0 Å². The van der Waals surface area contributed by atoms with Crippen molar-refractivity contribution in [1.82, 2.24) is 9.88 Å². The molecule has 4 aromatic rings. The molecule has 1 unspecified atom stereocenters. The van der Waals surface area contributed by atoms with E-state index in [2.05, 4.69) is 27.6 Å². The van der Waals surface area contributed by atoms with Crippen molar-refractivity contribution >= 4 is 40.3 Å². The van der Waals surface area contributed by atoms with Gasteiger partial charge in [-0.15, -0.1) is 0 Å². The van der Waals surface area contributed by atoms with Gasteiger partial charge in [-0.1, -0.05) is 41.4 Å². The Morgan fingerprint density at radius 2 is 1.82 bits per heavy atom. The first-order valence-corrected chi connectivity index (χ1v) is 11.7. The van der Waals surface area contributed by atoms with Crippen LogP contribution in [0, 0.1) is 0 Å². The zero-order valence-corrected chi connectivity index (χ0v) is 20.0. The predicted molar refractivity (Wildman–Crippen MR) is 137 cm³/mol. The summed E-state index contributed by atoms with van der Waals surface area (Å²) in [5, 5.41) is 7.46. The number of aromatic nitrogens is 1. The highest BCUT2D eigenvalue weighted by atomic mass is 35.5. The van der Waals surface area contributed by atoms with Gasteiger partial charge in [-0.05, 0) is 59.6 Å². The average Bonchev–Trinajstić information content (AvgIpc) is 2.84. The topological polar surface area (TPSA) is 74.3 Å². The van der Waals surface area contributed by atoms with Gasteiger partial charge in [-0.25, -0.2) is 0 Å². The molecule has 2 heterocycles. The van der Waals surface area contributed by atoms with E-state index in [1.54, 1.807) is 18.5 Å². The van der Waals surface area contributed by atoms with Crippen LogP contribution < -0.4 is 21.5 Å². The van der Waals surface area contributed by atoms with Crippen LogP contribution in [0.25, 0.3) is 0 Å². The monoisotopic (exact) mass is 492 g/mol. The lowest BCUT2D eigenvalue weighted by Gasteiger charge is -2.33. The Balaban J connectivity index is 1.35. The molecule has 0 fully saturated rings. The lowest BCUT2D eigenvalue weighted by Crippen LogP contribution is -2.36. The number of fused-ring (bicyclic) bond motifs is 1. The van der Waals surface area contributed by atoms with Crippen LogP contribution in [0.5, 0.6) is 0 Å². The lowest BCUT2D eigenvalue weighted by molar-refractivity contribution is 0.295. The molecule has 1 atom stereocenters. The fraction of sp³-hybridized carbons (Fsp3) is 0.192. The van der Waals surface area contributed by atoms with Crippen LogP contribution in [0.1, 0.15) is 28.2 Å². The number of halogens is 2. The minimum absolute atomic E-state index is 0.127. The summed E-state index contributed by atoms with van der Waals surface area (Å²) in [6.07, 6.45) is 3.40. The van der Waals surface area contributed by atoms with E-state index in [-0.39, 0.29) is 11.6 Å². The second kappa shape index (κ2) is 9.22. The summed E-state index contributed by atoms with van der Waals surface area (Å²) in [6.45, 7) is 2.03. The lowest BCUT2D eigenvalue weighted by atomic mass is 9.84.